The van der Waals surface area contributed by atoms with Gasteiger partial charge in [0.05, 0.1) is 6.61 Å². The molecule has 8 rings (SSSR count). The number of hydrogen-bond acceptors (Lipinski definition) is 5. The summed E-state index contributed by atoms with van der Waals surface area (Å²) < 4.78 is 18.6. The Morgan fingerprint density at radius 2 is 0.781 bits per heavy atom. The summed E-state index contributed by atoms with van der Waals surface area (Å²) in [5, 5.41) is 0. The smallest absolute Gasteiger partial charge is 0.311 e. The molecule has 0 N–H and O–H groups in total. The molecule has 1 unspecified atom stereocenters. The minimum Gasteiger partial charge on any atom is -0.311 e. The lowest BCUT2D eigenvalue weighted by atomic mass is 10.1. The normalized spacial score (nSPS) is 10.8. The highest BCUT2D eigenvalue weighted by atomic mass is 127. The molecule has 8 aromatic rings. The number of carbonyl (C=O) groups excluding carboxylic acids is 1. The van der Waals surface area contributed by atoms with Crippen molar-refractivity contribution >= 4 is 106 Å². The first-order valence-corrected chi connectivity index (χ1v) is 24.5. The maximum absolute atomic E-state index is 11.2. The van der Waals surface area contributed by atoms with Crippen molar-refractivity contribution in [2.75, 3.05) is 16.4 Å². The quantitative estimate of drug-likeness (QED) is 0.0498. The first-order valence-electron chi connectivity index (χ1n) is 20.9. The van der Waals surface area contributed by atoms with Gasteiger partial charge in [0.2, 0.25) is 6.16 Å². The van der Waals surface area contributed by atoms with Crippen LogP contribution in [-0.2, 0) is 15.3 Å². The van der Waals surface area contributed by atoms with Gasteiger partial charge in [0.1, 0.15) is 6.29 Å². The second-order valence-corrected chi connectivity index (χ2v) is 18.5. The van der Waals surface area contributed by atoms with Crippen molar-refractivity contribution in [3.8, 4) is 0 Å². The molecule has 0 aliphatic carbocycles. The highest BCUT2D eigenvalue weighted by molar-refractivity contribution is 14.1. The summed E-state index contributed by atoms with van der Waals surface area (Å²) in [6.07, 6.45) is 5.69. The van der Waals surface area contributed by atoms with E-state index in [1.165, 1.54) is 29.4 Å². The zero-order valence-electron chi connectivity index (χ0n) is 36.1. The van der Waals surface area contributed by atoms with Crippen molar-refractivity contribution in [1.82, 2.24) is 0 Å². The molecule has 64 heavy (non-hydrogen) atoms. The molecule has 0 fully saturated rings. The lowest BCUT2D eigenvalue weighted by molar-refractivity contribution is 0.112. The average Bonchev–Trinajstić information content (AvgIpc) is 3.33. The Hall–Kier alpha value is -5.71. The second-order valence-electron chi connectivity index (χ2n) is 14.7. The Morgan fingerprint density at radius 3 is 1.16 bits per heavy atom. The highest BCUT2D eigenvalue weighted by Gasteiger charge is 2.17. The highest BCUT2D eigenvalue weighted by Crippen LogP contribution is 2.36. The van der Waals surface area contributed by atoms with Crippen molar-refractivity contribution in [3.05, 3.63) is 247 Å². The van der Waals surface area contributed by atoms with Crippen LogP contribution in [0.4, 0.5) is 34.1 Å². The Morgan fingerprint density at radius 1 is 0.453 bits per heavy atom. The first-order chi connectivity index (χ1) is 31.2. The number of para-hydroxylation sites is 2. The summed E-state index contributed by atoms with van der Waals surface area (Å²) in [4.78, 5) is 15.3. The molecule has 0 spiro atoms. The molecular weight excluding hydrogens is 1030 g/mol. The van der Waals surface area contributed by atoms with Crippen LogP contribution < -0.4 is 9.80 Å². The Labute approximate surface area is 406 Å². The number of benzene rings is 8. The van der Waals surface area contributed by atoms with Gasteiger partial charge in [0, 0.05) is 52.4 Å². The number of aldehydes is 1. The Bertz CT molecular complexity index is 2590. The predicted molar refractivity (Wildman–Crippen MR) is 287 cm³/mol. The fourth-order valence-corrected chi connectivity index (χ4v) is 8.17. The summed E-state index contributed by atoms with van der Waals surface area (Å²) in [7, 11) is -1.52. The van der Waals surface area contributed by atoms with Gasteiger partial charge in [-0.3, -0.25) is 4.79 Å². The molecule has 0 saturated heterocycles. The number of nitrogens with zero attached hydrogens (tertiary/aromatic N) is 2. The molecule has 0 bridgehead atoms. The van der Waals surface area contributed by atoms with Gasteiger partial charge in [-0.1, -0.05) is 120 Å². The van der Waals surface area contributed by atoms with Gasteiger partial charge in [0.25, 0.3) is 0 Å². The summed E-state index contributed by atoms with van der Waals surface area (Å²) >= 11 is 4.57. The van der Waals surface area contributed by atoms with Crippen LogP contribution in [-0.4, -0.2) is 12.9 Å². The number of hydrogen-bond donors (Lipinski definition) is 0. The molecular formula is C56H50I2N2O3P+. The maximum atomic E-state index is 11.2. The topological polar surface area (TPSA) is 49.9 Å². The molecule has 0 aliphatic heterocycles. The van der Waals surface area contributed by atoms with Crippen LogP contribution in [0.15, 0.2) is 206 Å². The van der Waals surface area contributed by atoms with Crippen LogP contribution in [0, 0.1) is 21.0 Å². The lowest BCUT2D eigenvalue weighted by Gasteiger charge is -2.25. The first kappa shape index (κ1) is 47.8. The van der Waals surface area contributed by atoms with E-state index in [4.69, 9.17) is 4.52 Å². The minimum absolute atomic E-state index is 0.513. The maximum Gasteiger partial charge on any atom is 0.512 e. The van der Waals surface area contributed by atoms with E-state index in [-0.39, 0.29) is 0 Å². The van der Waals surface area contributed by atoms with Crippen LogP contribution >= 0.6 is 53.2 Å². The number of rotatable bonds is 13. The van der Waals surface area contributed by atoms with E-state index in [1.54, 1.807) is 0 Å². The van der Waals surface area contributed by atoms with Gasteiger partial charge >= 0.3 is 8.03 Å². The van der Waals surface area contributed by atoms with Gasteiger partial charge in [-0.25, -0.2) is 0 Å². The molecule has 0 aliphatic rings. The molecule has 0 saturated carbocycles. The summed E-state index contributed by atoms with van der Waals surface area (Å²) in [6.45, 7) is 6.60. The van der Waals surface area contributed by atoms with E-state index in [0.29, 0.717) is 18.3 Å². The molecule has 0 aromatic heterocycles. The van der Waals surface area contributed by atoms with Crippen LogP contribution in [0.25, 0.3) is 12.2 Å². The molecule has 5 nitrogen and oxygen atoms in total. The zero-order chi connectivity index (χ0) is 45.1. The minimum atomic E-state index is -1.52. The third-order valence-corrected chi connectivity index (χ3v) is 12.5. The third-order valence-electron chi connectivity index (χ3n) is 9.89. The average molecular weight is 1080 g/mol. The second kappa shape index (κ2) is 25.0. The van der Waals surface area contributed by atoms with E-state index < -0.39 is 8.03 Å². The van der Waals surface area contributed by atoms with Crippen LogP contribution in [0.3, 0.4) is 0 Å². The monoisotopic (exact) mass is 1080 g/mol. The third kappa shape index (κ3) is 14.7. The van der Waals surface area contributed by atoms with Gasteiger partial charge < -0.3 is 9.80 Å². The fraction of sp³-hybridized carbons (Fsp3) is 0.0893. The standard InChI is InChI=1S/C28H24IN.C19H15NO.C9H11IO2P/c1-21-3-15-26(16-4-21)30(27-17-5-22(2)6-18-27)28-19-11-24(12-20-28)8-7-23-9-13-25(29)14-10-23;21-15-16-11-13-19(14-12-16)20(17-7-3-1-4-8-17)18-9-5-2-6-10-18;1-2-12-13(11)7-8-3-5-9(10)6-4-8/h3-20H,1-2H3;1-15H;3-6H,2,7H2,1H3/q;;+1. The van der Waals surface area contributed by atoms with Crippen LogP contribution in [0.2, 0.25) is 0 Å². The summed E-state index contributed by atoms with van der Waals surface area (Å²) in [5.74, 6) is 0. The Balaban J connectivity index is 0.000000174. The predicted octanol–water partition coefficient (Wildman–Crippen LogP) is 17.1. The zero-order valence-corrected chi connectivity index (χ0v) is 41.3. The van der Waals surface area contributed by atoms with Crippen molar-refractivity contribution in [2.45, 2.75) is 26.9 Å². The van der Waals surface area contributed by atoms with Crippen molar-refractivity contribution in [2.24, 2.45) is 0 Å². The number of carbonyl (C=O) groups is 1. The largest absolute Gasteiger partial charge is 0.512 e. The Kier molecular flexibility index (Phi) is 18.6. The van der Waals surface area contributed by atoms with Crippen molar-refractivity contribution < 1.29 is 13.9 Å². The van der Waals surface area contributed by atoms with E-state index in [2.05, 4.69) is 202 Å². The molecule has 8 heteroatoms. The molecule has 0 heterocycles. The van der Waals surface area contributed by atoms with E-state index in [9.17, 15) is 9.36 Å². The lowest BCUT2D eigenvalue weighted by Crippen LogP contribution is -2.09. The summed E-state index contributed by atoms with van der Waals surface area (Å²) in [6, 6.07) is 70.6. The van der Waals surface area contributed by atoms with Crippen LogP contribution in [0.1, 0.15) is 45.1 Å². The SMILES string of the molecule is CCO[P+](=O)Cc1ccc(I)cc1.Cc1ccc(N(c2ccc(C)cc2)c2ccc(C=Cc3ccc(I)cc3)cc2)cc1.O=Cc1ccc(N(c2ccccc2)c2ccccc2)cc1. The van der Waals surface area contributed by atoms with E-state index in [0.717, 1.165) is 46.0 Å². The van der Waals surface area contributed by atoms with Crippen molar-refractivity contribution in [1.29, 1.82) is 0 Å². The number of aryl methyl sites for hydroxylation is 2. The van der Waals surface area contributed by atoms with Gasteiger partial charge in [-0.2, -0.15) is 0 Å². The van der Waals surface area contributed by atoms with Gasteiger partial charge in [-0.15, -0.1) is 4.52 Å². The fourth-order valence-electron chi connectivity index (χ4n) is 6.57. The molecule has 8 aromatic carbocycles. The molecule has 0 amide bonds. The van der Waals surface area contributed by atoms with E-state index in [1.807, 2.05) is 91.9 Å². The number of halogens is 2. The van der Waals surface area contributed by atoms with Gasteiger partial charge in [0.15, 0.2) is 0 Å². The molecule has 320 valence electrons. The van der Waals surface area contributed by atoms with Gasteiger partial charge in [-0.05, 0) is 191 Å². The molecule has 0 radical (unpaired) electrons. The summed E-state index contributed by atoms with van der Waals surface area (Å²) in [5.41, 5.74) is 13.3. The number of anilines is 6. The van der Waals surface area contributed by atoms with Crippen molar-refractivity contribution in [3.63, 3.8) is 0 Å². The van der Waals surface area contributed by atoms with Crippen LogP contribution in [0.5, 0.6) is 0 Å². The van der Waals surface area contributed by atoms with E-state index >= 15 is 0 Å². The molecule has 1 atom stereocenters.